The second-order valence-corrected chi connectivity index (χ2v) is 8.12. The number of esters is 1. The molecule has 156 valence electrons. The van der Waals surface area contributed by atoms with Crippen molar-refractivity contribution in [3.8, 4) is 0 Å². The second-order valence-electron chi connectivity index (χ2n) is 7.04. The summed E-state index contributed by atoms with van der Waals surface area (Å²) in [6.07, 6.45) is 2.54. The van der Waals surface area contributed by atoms with Crippen LogP contribution in [0.15, 0.2) is 24.3 Å². The number of rotatable bonds is 8. The van der Waals surface area contributed by atoms with Gasteiger partial charge in [0.15, 0.2) is 0 Å². The highest BCUT2D eigenvalue weighted by molar-refractivity contribution is 7.13. The number of thiazole rings is 1. The largest absolute Gasteiger partial charge is 0.469 e. The van der Waals surface area contributed by atoms with Crippen LogP contribution in [0.3, 0.4) is 0 Å². The number of carbonyl (C=O) groups is 2. The molecule has 1 atom stereocenters. The molecule has 1 aromatic heterocycles. The fourth-order valence-corrected chi connectivity index (χ4v) is 4.35. The van der Waals surface area contributed by atoms with E-state index in [1.54, 1.807) is 17.0 Å². The number of ether oxygens (including phenoxy) is 2. The monoisotopic (exact) mass is 420 g/mol. The van der Waals surface area contributed by atoms with E-state index in [0.717, 1.165) is 23.4 Å². The van der Waals surface area contributed by atoms with E-state index in [0.29, 0.717) is 30.1 Å². The van der Waals surface area contributed by atoms with Gasteiger partial charge < -0.3 is 14.4 Å². The Morgan fingerprint density at radius 3 is 2.76 bits per heavy atom. The van der Waals surface area contributed by atoms with Crippen LogP contribution in [0.1, 0.15) is 45.2 Å². The topological polar surface area (TPSA) is 68.7 Å². The van der Waals surface area contributed by atoms with Crippen LogP contribution in [0.5, 0.6) is 0 Å². The third kappa shape index (κ3) is 5.83. The van der Waals surface area contributed by atoms with E-state index in [1.165, 1.54) is 30.6 Å². The van der Waals surface area contributed by atoms with Gasteiger partial charge in [-0.25, -0.2) is 9.37 Å². The van der Waals surface area contributed by atoms with Crippen molar-refractivity contribution in [2.24, 2.45) is 0 Å². The molecule has 1 unspecified atom stereocenters. The van der Waals surface area contributed by atoms with Gasteiger partial charge in [-0.3, -0.25) is 9.59 Å². The molecule has 1 amide bonds. The highest BCUT2D eigenvalue weighted by Gasteiger charge is 2.26. The van der Waals surface area contributed by atoms with Gasteiger partial charge in [0.2, 0.25) is 0 Å². The number of carbonyl (C=O) groups excluding carboxylic acids is 2. The third-order valence-electron chi connectivity index (χ3n) is 4.85. The Labute approximate surface area is 173 Å². The summed E-state index contributed by atoms with van der Waals surface area (Å²) in [5, 5.41) is 0.794. The maximum atomic E-state index is 13.2. The fraction of sp³-hybridized carbons (Fsp3) is 0.476. The summed E-state index contributed by atoms with van der Waals surface area (Å²) in [4.78, 5) is 31.5. The fourth-order valence-electron chi connectivity index (χ4n) is 3.29. The predicted molar refractivity (Wildman–Crippen MR) is 108 cm³/mol. The number of hydrogen-bond donors (Lipinski definition) is 0. The van der Waals surface area contributed by atoms with E-state index < -0.39 is 0 Å². The van der Waals surface area contributed by atoms with Crippen LogP contribution in [-0.2, 0) is 20.7 Å². The Balaban J connectivity index is 1.73. The molecule has 8 heteroatoms. The Hall–Kier alpha value is -2.32. The molecule has 3 rings (SSSR count). The van der Waals surface area contributed by atoms with Gasteiger partial charge >= 0.3 is 5.97 Å². The third-order valence-corrected chi connectivity index (χ3v) is 6.00. The van der Waals surface area contributed by atoms with E-state index >= 15 is 0 Å². The molecule has 2 aromatic rings. The molecule has 0 N–H and O–H groups in total. The zero-order valence-electron chi connectivity index (χ0n) is 16.7. The Morgan fingerprint density at radius 2 is 2.10 bits per heavy atom. The lowest BCUT2D eigenvalue weighted by atomic mass is 10.1. The number of methoxy groups -OCH3 is 1. The first-order chi connectivity index (χ1) is 14.0. The second kappa shape index (κ2) is 9.93. The SMILES string of the molecule is COC(=O)CCN(CC1CCCO1)C(=O)c1sc(Cc2ccc(F)cc2)nc1C. The van der Waals surface area contributed by atoms with Crippen molar-refractivity contribution in [2.45, 2.75) is 38.7 Å². The number of halogens is 1. The summed E-state index contributed by atoms with van der Waals surface area (Å²) >= 11 is 1.34. The molecule has 0 bridgehead atoms. The zero-order valence-corrected chi connectivity index (χ0v) is 17.5. The normalized spacial score (nSPS) is 16.0. The molecule has 0 saturated carbocycles. The van der Waals surface area contributed by atoms with Crippen LogP contribution in [0.25, 0.3) is 0 Å². The van der Waals surface area contributed by atoms with Gasteiger partial charge in [0, 0.05) is 26.1 Å². The highest BCUT2D eigenvalue weighted by atomic mass is 32.1. The predicted octanol–water partition coefficient (Wildman–Crippen LogP) is 3.37. The maximum Gasteiger partial charge on any atom is 0.307 e. The molecule has 1 fully saturated rings. The lowest BCUT2D eigenvalue weighted by molar-refractivity contribution is -0.140. The van der Waals surface area contributed by atoms with Crippen LogP contribution in [0.4, 0.5) is 4.39 Å². The molecule has 1 aliphatic rings. The van der Waals surface area contributed by atoms with Gasteiger partial charge in [-0.2, -0.15) is 0 Å². The average molecular weight is 421 g/mol. The van der Waals surface area contributed by atoms with Crippen molar-refractivity contribution in [1.82, 2.24) is 9.88 Å². The van der Waals surface area contributed by atoms with Crippen molar-refractivity contribution >= 4 is 23.2 Å². The van der Waals surface area contributed by atoms with Crippen LogP contribution >= 0.6 is 11.3 Å². The van der Waals surface area contributed by atoms with Crippen molar-refractivity contribution in [2.75, 3.05) is 26.8 Å². The molecule has 0 spiro atoms. The lowest BCUT2D eigenvalue weighted by Gasteiger charge is -2.24. The smallest absolute Gasteiger partial charge is 0.307 e. The summed E-state index contributed by atoms with van der Waals surface area (Å²) in [7, 11) is 1.34. The average Bonchev–Trinajstić information content (AvgIpc) is 3.35. The highest BCUT2D eigenvalue weighted by Crippen LogP contribution is 2.24. The summed E-state index contributed by atoms with van der Waals surface area (Å²) < 4.78 is 23.5. The summed E-state index contributed by atoms with van der Waals surface area (Å²) in [5.41, 5.74) is 1.59. The molecule has 1 saturated heterocycles. The van der Waals surface area contributed by atoms with Gasteiger partial charge in [-0.15, -0.1) is 11.3 Å². The van der Waals surface area contributed by atoms with Gasteiger partial charge in [-0.05, 0) is 37.5 Å². The Bertz CT molecular complexity index is 847. The number of amides is 1. The number of nitrogens with zero attached hydrogens (tertiary/aromatic N) is 2. The van der Waals surface area contributed by atoms with Gasteiger partial charge in [0.25, 0.3) is 5.91 Å². The molecule has 0 aliphatic carbocycles. The van der Waals surface area contributed by atoms with Crippen molar-refractivity contribution in [3.05, 3.63) is 51.2 Å². The van der Waals surface area contributed by atoms with Crippen molar-refractivity contribution in [1.29, 1.82) is 0 Å². The minimum atomic E-state index is -0.354. The van der Waals surface area contributed by atoms with Crippen molar-refractivity contribution < 1.29 is 23.5 Å². The summed E-state index contributed by atoms with van der Waals surface area (Å²) in [6.45, 7) is 3.23. The number of aryl methyl sites for hydroxylation is 1. The number of aromatic nitrogens is 1. The standard InChI is InChI=1S/C21H25FN2O4S/c1-14-20(29-18(23-14)12-15-5-7-16(22)8-6-15)21(26)24(10-9-19(25)27-2)13-17-4-3-11-28-17/h5-8,17H,3-4,9-13H2,1-2H3. The first kappa shape index (κ1) is 21.4. The minimum absolute atomic E-state index is 0.0106. The number of benzene rings is 1. The molecule has 29 heavy (non-hydrogen) atoms. The Kier molecular flexibility index (Phi) is 7.33. The summed E-state index contributed by atoms with van der Waals surface area (Å²) in [5.74, 6) is -0.784. The maximum absolute atomic E-state index is 13.2. The first-order valence-electron chi connectivity index (χ1n) is 9.64. The van der Waals surface area contributed by atoms with E-state index in [9.17, 15) is 14.0 Å². The molecule has 1 aromatic carbocycles. The van der Waals surface area contributed by atoms with Gasteiger partial charge in [0.1, 0.15) is 10.7 Å². The molecular formula is C21H25FN2O4S. The quantitative estimate of drug-likeness (QED) is 0.613. The molecular weight excluding hydrogens is 395 g/mol. The van der Waals surface area contributed by atoms with Crippen LogP contribution < -0.4 is 0 Å². The van der Waals surface area contributed by atoms with Crippen molar-refractivity contribution in [3.63, 3.8) is 0 Å². The van der Waals surface area contributed by atoms with E-state index in [2.05, 4.69) is 4.98 Å². The van der Waals surface area contributed by atoms with Gasteiger partial charge in [-0.1, -0.05) is 12.1 Å². The molecule has 2 heterocycles. The van der Waals surface area contributed by atoms with Gasteiger partial charge in [0.05, 0.1) is 30.3 Å². The summed E-state index contributed by atoms with van der Waals surface area (Å²) in [6, 6.07) is 6.26. The molecule has 0 radical (unpaired) electrons. The van der Waals surface area contributed by atoms with Crippen LogP contribution in [-0.4, -0.2) is 54.7 Å². The van der Waals surface area contributed by atoms with Crippen LogP contribution in [0.2, 0.25) is 0 Å². The van der Waals surface area contributed by atoms with Crippen LogP contribution in [0, 0.1) is 12.7 Å². The minimum Gasteiger partial charge on any atom is -0.469 e. The molecule has 1 aliphatic heterocycles. The van der Waals surface area contributed by atoms with E-state index in [1.807, 2.05) is 6.92 Å². The van der Waals surface area contributed by atoms with E-state index in [4.69, 9.17) is 9.47 Å². The Morgan fingerprint density at radius 1 is 1.34 bits per heavy atom. The van der Waals surface area contributed by atoms with E-state index in [-0.39, 0.29) is 36.8 Å². The lowest BCUT2D eigenvalue weighted by Crippen LogP contribution is -2.38. The molecule has 6 nitrogen and oxygen atoms in total. The first-order valence-corrected chi connectivity index (χ1v) is 10.5. The zero-order chi connectivity index (χ0) is 20.8. The number of hydrogen-bond acceptors (Lipinski definition) is 6.